The highest BCUT2D eigenvalue weighted by Crippen LogP contribution is 2.14. The van der Waals surface area contributed by atoms with Crippen molar-refractivity contribution in [3.05, 3.63) is 69.7 Å². The summed E-state index contributed by atoms with van der Waals surface area (Å²) in [5, 5.41) is 0.632. The molecule has 0 aliphatic carbocycles. The van der Waals surface area contributed by atoms with Gasteiger partial charge in [0, 0.05) is 18.1 Å². The van der Waals surface area contributed by atoms with Crippen LogP contribution in [0, 0.1) is 0 Å². The third kappa shape index (κ3) is 3.36. The van der Waals surface area contributed by atoms with E-state index in [9.17, 15) is 9.59 Å². The average Bonchev–Trinajstić information content (AvgIpc) is 2.88. The monoisotopic (exact) mass is 344 g/mol. The molecule has 6 heteroatoms. The number of para-hydroxylation sites is 2. The van der Waals surface area contributed by atoms with Crippen molar-refractivity contribution in [1.29, 1.82) is 0 Å². The largest absolute Gasteiger partial charge is 0.420 e. The van der Waals surface area contributed by atoms with E-state index < -0.39 is 5.76 Å². The Hall–Kier alpha value is -2.53. The van der Waals surface area contributed by atoms with Crippen LogP contribution in [0.2, 0.25) is 5.02 Å². The number of fused-ring (bicyclic) bond motifs is 1. The number of benzene rings is 2. The van der Waals surface area contributed by atoms with E-state index in [0.29, 0.717) is 29.2 Å². The fraction of sp³-hybridized carbons (Fsp3) is 0.222. The van der Waals surface area contributed by atoms with Gasteiger partial charge in [0.1, 0.15) is 6.54 Å². The topological polar surface area (TPSA) is 55.5 Å². The lowest BCUT2D eigenvalue weighted by atomic mass is 10.2. The van der Waals surface area contributed by atoms with E-state index in [2.05, 4.69) is 0 Å². The molecule has 0 aliphatic heterocycles. The predicted octanol–water partition coefficient (Wildman–Crippen LogP) is 3.30. The minimum Gasteiger partial charge on any atom is -0.408 e. The maximum atomic E-state index is 12.6. The highest BCUT2D eigenvalue weighted by Gasteiger charge is 2.17. The van der Waals surface area contributed by atoms with E-state index in [0.717, 1.165) is 5.56 Å². The number of oxazole rings is 1. The predicted molar refractivity (Wildman–Crippen MR) is 93.0 cm³/mol. The number of carbonyl (C=O) groups excluding carboxylic acids is 1. The molecule has 124 valence electrons. The van der Waals surface area contributed by atoms with Crippen molar-refractivity contribution in [3.63, 3.8) is 0 Å². The number of carbonyl (C=O) groups is 1. The maximum absolute atomic E-state index is 12.6. The number of likely N-dealkylation sites (N-methyl/N-ethyl adjacent to an activating group) is 1. The SMILES string of the molecule is CCN(Cc1cccc(Cl)c1)C(=O)Cn1c(=O)oc2ccccc21. The first kappa shape index (κ1) is 16.3. The van der Waals surface area contributed by atoms with Crippen molar-refractivity contribution in [3.8, 4) is 0 Å². The Morgan fingerprint density at radius 2 is 2.00 bits per heavy atom. The molecule has 1 heterocycles. The first-order valence-electron chi connectivity index (χ1n) is 7.69. The van der Waals surface area contributed by atoms with Crippen molar-refractivity contribution in [2.75, 3.05) is 6.54 Å². The second-order valence-corrected chi connectivity index (χ2v) is 5.90. The second-order valence-electron chi connectivity index (χ2n) is 5.46. The molecular weight excluding hydrogens is 328 g/mol. The van der Waals surface area contributed by atoms with Crippen LogP contribution in [-0.4, -0.2) is 21.9 Å². The fourth-order valence-corrected chi connectivity index (χ4v) is 2.84. The number of halogens is 1. The first-order chi connectivity index (χ1) is 11.6. The van der Waals surface area contributed by atoms with Crippen LogP contribution in [-0.2, 0) is 17.9 Å². The Morgan fingerprint density at radius 3 is 2.75 bits per heavy atom. The van der Waals surface area contributed by atoms with Crippen molar-refractivity contribution in [2.24, 2.45) is 0 Å². The summed E-state index contributed by atoms with van der Waals surface area (Å²) in [5.41, 5.74) is 2.05. The van der Waals surface area contributed by atoms with Gasteiger partial charge in [0.15, 0.2) is 5.58 Å². The number of aromatic nitrogens is 1. The molecule has 0 saturated carbocycles. The van der Waals surface area contributed by atoms with Crippen LogP contribution in [0.4, 0.5) is 0 Å². The fourth-order valence-electron chi connectivity index (χ4n) is 2.63. The van der Waals surface area contributed by atoms with Crippen LogP contribution in [0.15, 0.2) is 57.7 Å². The lowest BCUT2D eigenvalue weighted by molar-refractivity contribution is -0.132. The van der Waals surface area contributed by atoms with Crippen LogP contribution >= 0.6 is 11.6 Å². The Morgan fingerprint density at radius 1 is 1.21 bits per heavy atom. The van der Waals surface area contributed by atoms with E-state index in [-0.39, 0.29) is 12.5 Å². The quantitative estimate of drug-likeness (QED) is 0.713. The molecule has 0 fully saturated rings. The lowest BCUT2D eigenvalue weighted by Gasteiger charge is -2.21. The van der Waals surface area contributed by atoms with Crippen molar-refractivity contribution in [1.82, 2.24) is 9.47 Å². The van der Waals surface area contributed by atoms with Gasteiger partial charge >= 0.3 is 5.76 Å². The normalized spacial score (nSPS) is 10.9. The molecule has 5 nitrogen and oxygen atoms in total. The minimum atomic E-state index is -0.525. The minimum absolute atomic E-state index is 0.0513. The zero-order valence-electron chi connectivity index (χ0n) is 13.2. The van der Waals surface area contributed by atoms with Gasteiger partial charge in [-0.3, -0.25) is 9.36 Å². The maximum Gasteiger partial charge on any atom is 0.420 e. The summed E-state index contributed by atoms with van der Waals surface area (Å²) >= 11 is 5.99. The molecule has 0 bridgehead atoms. The van der Waals surface area contributed by atoms with E-state index in [4.69, 9.17) is 16.0 Å². The van der Waals surface area contributed by atoms with E-state index in [1.54, 1.807) is 29.2 Å². The molecule has 0 aliphatic rings. The molecule has 0 unspecified atom stereocenters. The summed E-state index contributed by atoms with van der Waals surface area (Å²) in [4.78, 5) is 26.3. The number of hydrogen-bond donors (Lipinski definition) is 0. The summed E-state index contributed by atoms with van der Waals surface area (Å²) in [6.45, 7) is 2.83. The van der Waals surface area contributed by atoms with Crippen LogP contribution in [0.1, 0.15) is 12.5 Å². The smallest absolute Gasteiger partial charge is 0.408 e. The van der Waals surface area contributed by atoms with Gasteiger partial charge < -0.3 is 9.32 Å². The zero-order chi connectivity index (χ0) is 17.1. The standard InChI is InChI=1S/C18H17ClN2O3/c1-2-20(11-13-6-5-7-14(19)10-13)17(22)12-21-15-8-3-4-9-16(15)24-18(21)23/h3-10H,2,11-12H2,1H3. The summed E-state index contributed by atoms with van der Waals surface area (Å²) < 4.78 is 6.53. The lowest BCUT2D eigenvalue weighted by Crippen LogP contribution is -2.35. The van der Waals surface area contributed by atoms with Crippen LogP contribution in [0.25, 0.3) is 11.1 Å². The van der Waals surface area contributed by atoms with Gasteiger partial charge in [-0.25, -0.2) is 4.79 Å². The molecule has 0 atom stereocenters. The molecule has 2 aromatic carbocycles. The molecule has 24 heavy (non-hydrogen) atoms. The molecule has 1 aromatic heterocycles. The molecule has 0 N–H and O–H groups in total. The second kappa shape index (κ2) is 6.93. The van der Waals surface area contributed by atoms with Gasteiger partial charge in [-0.2, -0.15) is 0 Å². The van der Waals surface area contributed by atoms with Gasteiger partial charge in [0.05, 0.1) is 5.52 Å². The Labute approximate surface area is 144 Å². The number of nitrogens with zero attached hydrogens (tertiary/aromatic N) is 2. The molecule has 3 rings (SSSR count). The first-order valence-corrected chi connectivity index (χ1v) is 8.07. The Kier molecular flexibility index (Phi) is 4.71. The molecule has 0 saturated heterocycles. The summed E-state index contributed by atoms with van der Waals surface area (Å²) in [6.07, 6.45) is 0. The van der Waals surface area contributed by atoms with Crippen LogP contribution in [0.3, 0.4) is 0 Å². The van der Waals surface area contributed by atoms with Crippen LogP contribution in [0.5, 0.6) is 0 Å². The van der Waals surface area contributed by atoms with Crippen molar-refractivity contribution < 1.29 is 9.21 Å². The van der Waals surface area contributed by atoms with Gasteiger partial charge in [0.2, 0.25) is 5.91 Å². The highest BCUT2D eigenvalue weighted by molar-refractivity contribution is 6.30. The number of amides is 1. The summed E-state index contributed by atoms with van der Waals surface area (Å²) in [6, 6.07) is 14.5. The third-order valence-electron chi connectivity index (χ3n) is 3.86. The van der Waals surface area contributed by atoms with Gasteiger partial charge in [-0.05, 0) is 36.8 Å². The number of rotatable bonds is 5. The van der Waals surface area contributed by atoms with Crippen molar-refractivity contribution in [2.45, 2.75) is 20.0 Å². The average molecular weight is 345 g/mol. The highest BCUT2D eigenvalue weighted by atomic mass is 35.5. The molecule has 0 spiro atoms. The van der Waals surface area contributed by atoms with E-state index in [1.807, 2.05) is 31.2 Å². The molecule has 1 amide bonds. The van der Waals surface area contributed by atoms with E-state index >= 15 is 0 Å². The molecular formula is C18H17ClN2O3. The summed E-state index contributed by atoms with van der Waals surface area (Å²) in [7, 11) is 0. The third-order valence-corrected chi connectivity index (χ3v) is 4.10. The molecule has 3 aromatic rings. The van der Waals surface area contributed by atoms with Gasteiger partial charge in [-0.15, -0.1) is 0 Å². The van der Waals surface area contributed by atoms with E-state index in [1.165, 1.54) is 4.57 Å². The Balaban J connectivity index is 1.81. The van der Waals surface area contributed by atoms with Crippen molar-refractivity contribution >= 4 is 28.6 Å². The number of hydrogen-bond acceptors (Lipinski definition) is 3. The van der Waals surface area contributed by atoms with Gasteiger partial charge in [-0.1, -0.05) is 35.9 Å². The summed E-state index contributed by atoms with van der Waals surface area (Å²) in [5.74, 6) is -0.672. The molecule has 0 radical (unpaired) electrons. The Bertz CT molecular complexity index is 929. The zero-order valence-corrected chi connectivity index (χ0v) is 14.0. The van der Waals surface area contributed by atoms with Crippen LogP contribution < -0.4 is 5.76 Å². The van der Waals surface area contributed by atoms with Gasteiger partial charge in [0.25, 0.3) is 0 Å².